The number of amides is 3. The predicted molar refractivity (Wildman–Crippen MR) is 86.5 cm³/mol. The molecule has 24 heavy (non-hydrogen) atoms. The van der Waals surface area contributed by atoms with Crippen LogP contribution < -0.4 is 0 Å². The lowest BCUT2D eigenvalue weighted by Gasteiger charge is -2.21. The zero-order valence-corrected chi connectivity index (χ0v) is 13.0. The van der Waals surface area contributed by atoms with E-state index in [9.17, 15) is 14.4 Å². The lowest BCUT2D eigenvalue weighted by molar-refractivity contribution is -0.127. The molecular weight excluding hydrogens is 308 g/mol. The first-order valence-electron chi connectivity index (χ1n) is 7.91. The summed E-state index contributed by atoms with van der Waals surface area (Å²) in [5.74, 6) is -0.404. The topological polar surface area (TPSA) is 66.9 Å². The molecule has 2 aliphatic rings. The highest BCUT2D eigenvalue weighted by Crippen LogP contribution is 2.24. The number of carbonyl (C=O) groups is 3. The van der Waals surface area contributed by atoms with E-state index in [0.29, 0.717) is 25.1 Å². The molecule has 2 heterocycles. The van der Waals surface area contributed by atoms with Gasteiger partial charge in [-0.15, -0.1) is 0 Å². The van der Waals surface area contributed by atoms with Crippen LogP contribution in [0.4, 0.5) is 4.79 Å². The molecular formula is C18H16N2O4. The molecule has 0 saturated carbocycles. The summed E-state index contributed by atoms with van der Waals surface area (Å²) in [6.07, 6.45) is -0.0263. The van der Waals surface area contributed by atoms with E-state index in [1.54, 1.807) is 4.90 Å². The number of imide groups is 1. The Morgan fingerprint density at radius 2 is 1.88 bits per heavy atom. The van der Waals surface area contributed by atoms with E-state index in [1.165, 1.54) is 0 Å². The number of cyclic esters (lactones) is 1. The summed E-state index contributed by atoms with van der Waals surface area (Å²) in [6, 6.07) is 13.1. The Morgan fingerprint density at radius 1 is 1.08 bits per heavy atom. The molecule has 2 aromatic rings. The van der Waals surface area contributed by atoms with Crippen molar-refractivity contribution >= 4 is 28.7 Å². The van der Waals surface area contributed by atoms with Crippen molar-refractivity contribution < 1.29 is 19.1 Å². The van der Waals surface area contributed by atoms with Gasteiger partial charge in [0, 0.05) is 18.7 Å². The first kappa shape index (κ1) is 14.7. The van der Waals surface area contributed by atoms with Gasteiger partial charge < -0.3 is 9.64 Å². The molecule has 0 aliphatic carbocycles. The van der Waals surface area contributed by atoms with E-state index in [4.69, 9.17) is 4.74 Å². The maximum atomic E-state index is 12.9. The van der Waals surface area contributed by atoms with E-state index in [-0.39, 0.29) is 24.5 Å². The minimum Gasteiger partial charge on any atom is -0.439 e. The fraction of sp³-hybridized carbons (Fsp3) is 0.278. The number of ether oxygens (including phenoxy) is 1. The molecule has 2 fully saturated rings. The lowest BCUT2D eigenvalue weighted by Crippen LogP contribution is -2.42. The Balaban J connectivity index is 1.57. The van der Waals surface area contributed by atoms with Crippen LogP contribution in [0.5, 0.6) is 0 Å². The predicted octanol–water partition coefficient (Wildman–Crippen LogP) is 2.03. The van der Waals surface area contributed by atoms with Gasteiger partial charge >= 0.3 is 6.09 Å². The van der Waals surface area contributed by atoms with Gasteiger partial charge in [-0.3, -0.25) is 9.59 Å². The van der Waals surface area contributed by atoms with E-state index < -0.39 is 6.09 Å². The highest BCUT2D eigenvalue weighted by molar-refractivity contribution is 6.07. The summed E-state index contributed by atoms with van der Waals surface area (Å²) in [6.45, 7) is 0.666. The fourth-order valence-corrected chi connectivity index (χ4v) is 3.44. The second-order valence-corrected chi connectivity index (χ2v) is 6.04. The summed E-state index contributed by atoms with van der Waals surface area (Å²) in [7, 11) is 0. The molecule has 122 valence electrons. The van der Waals surface area contributed by atoms with Gasteiger partial charge in [0.25, 0.3) is 11.8 Å². The number of nitrogens with zero attached hydrogens (tertiary/aromatic N) is 2. The molecule has 0 bridgehead atoms. The number of fused-ring (bicyclic) bond motifs is 1. The van der Waals surface area contributed by atoms with Gasteiger partial charge in [0.2, 0.25) is 0 Å². The summed E-state index contributed by atoms with van der Waals surface area (Å²) in [5.41, 5.74) is 0.643. The molecule has 2 aliphatic heterocycles. The van der Waals surface area contributed by atoms with Gasteiger partial charge in [-0.05, 0) is 23.3 Å². The minimum atomic E-state index is -0.607. The van der Waals surface area contributed by atoms with E-state index in [2.05, 4.69) is 0 Å². The second kappa shape index (κ2) is 5.63. The van der Waals surface area contributed by atoms with Crippen LogP contribution >= 0.6 is 0 Å². The van der Waals surface area contributed by atoms with E-state index in [1.807, 2.05) is 42.5 Å². The quantitative estimate of drug-likeness (QED) is 0.848. The Hall–Kier alpha value is -2.89. The monoisotopic (exact) mass is 324 g/mol. The Labute approximate surface area is 138 Å². The smallest absolute Gasteiger partial charge is 0.417 e. The van der Waals surface area contributed by atoms with Crippen LogP contribution in [-0.2, 0) is 9.53 Å². The van der Waals surface area contributed by atoms with Gasteiger partial charge in [-0.2, -0.15) is 0 Å². The Bertz CT molecular complexity index is 827. The maximum Gasteiger partial charge on any atom is 0.417 e. The molecule has 0 radical (unpaired) electrons. The maximum absolute atomic E-state index is 12.9. The zero-order chi connectivity index (χ0) is 16.7. The van der Waals surface area contributed by atoms with Crippen molar-refractivity contribution in [2.75, 3.05) is 19.7 Å². The first-order valence-corrected chi connectivity index (χ1v) is 7.91. The van der Waals surface area contributed by atoms with Crippen LogP contribution in [0.1, 0.15) is 16.8 Å². The average molecular weight is 324 g/mol. The van der Waals surface area contributed by atoms with Crippen LogP contribution in [0.25, 0.3) is 10.8 Å². The van der Waals surface area contributed by atoms with Crippen molar-refractivity contribution in [1.82, 2.24) is 9.80 Å². The number of carbonyl (C=O) groups excluding carboxylic acids is 3. The van der Waals surface area contributed by atoms with E-state index in [0.717, 1.165) is 15.7 Å². The number of hydrogen-bond acceptors (Lipinski definition) is 4. The lowest BCUT2D eigenvalue weighted by atomic mass is 10.0. The van der Waals surface area contributed by atoms with Gasteiger partial charge in [-0.25, -0.2) is 9.69 Å². The highest BCUT2D eigenvalue weighted by Gasteiger charge is 2.41. The van der Waals surface area contributed by atoms with Crippen molar-refractivity contribution in [2.24, 2.45) is 0 Å². The van der Waals surface area contributed by atoms with Gasteiger partial charge in [-0.1, -0.05) is 36.4 Å². The zero-order valence-electron chi connectivity index (χ0n) is 13.0. The molecule has 0 aromatic heterocycles. The molecule has 2 saturated heterocycles. The SMILES string of the molecule is O=C(c1cccc2ccccc12)N1CCC(N2C(=O)COC2=O)C1. The molecule has 6 heteroatoms. The normalized spacial score (nSPS) is 20.8. The fourth-order valence-electron chi connectivity index (χ4n) is 3.44. The van der Waals surface area contributed by atoms with Crippen LogP contribution in [0.15, 0.2) is 42.5 Å². The summed E-state index contributed by atoms with van der Waals surface area (Å²) < 4.78 is 4.76. The average Bonchev–Trinajstić information content (AvgIpc) is 3.20. The minimum absolute atomic E-state index is 0.0747. The molecule has 2 aromatic carbocycles. The van der Waals surface area contributed by atoms with Gasteiger partial charge in [0.15, 0.2) is 6.61 Å². The van der Waals surface area contributed by atoms with Crippen LogP contribution in [0.3, 0.4) is 0 Å². The number of benzene rings is 2. The second-order valence-electron chi connectivity index (χ2n) is 6.04. The molecule has 4 rings (SSSR count). The Kier molecular flexibility index (Phi) is 3.45. The number of hydrogen-bond donors (Lipinski definition) is 0. The highest BCUT2D eigenvalue weighted by atomic mass is 16.6. The first-order chi connectivity index (χ1) is 11.6. The summed E-state index contributed by atoms with van der Waals surface area (Å²) >= 11 is 0. The molecule has 1 atom stereocenters. The third-order valence-electron chi connectivity index (χ3n) is 4.62. The summed E-state index contributed by atoms with van der Waals surface area (Å²) in [5, 5.41) is 1.92. The van der Waals surface area contributed by atoms with Crippen LogP contribution in [0.2, 0.25) is 0 Å². The van der Waals surface area contributed by atoms with E-state index >= 15 is 0 Å². The molecule has 3 amide bonds. The number of likely N-dealkylation sites (tertiary alicyclic amines) is 1. The largest absolute Gasteiger partial charge is 0.439 e. The molecule has 0 spiro atoms. The molecule has 1 unspecified atom stereocenters. The van der Waals surface area contributed by atoms with Crippen molar-refractivity contribution in [2.45, 2.75) is 12.5 Å². The third-order valence-corrected chi connectivity index (χ3v) is 4.62. The van der Waals surface area contributed by atoms with Gasteiger partial charge in [0.05, 0.1) is 6.04 Å². The van der Waals surface area contributed by atoms with Crippen LogP contribution in [0, 0.1) is 0 Å². The van der Waals surface area contributed by atoms with Crippen LogP contribution in [-0.4, -0.2) is 53.4 Å². The van der Waals surface area contributed by atoms with Crippen molar-refractivity contribution in [3.63, 3.8) is 0 Å². The summed E-state index contributed by atoms with van der Waals surface area (Å²) in [4.78, 5) is 39.2. The standard InChI is InChI=1S/C18H16N2O4/c21-16-11-24-18(23)20(16)13-8-9-19(10-13)17(22)15-7-3-5-12-4-1-2-6-14(12)15/h1-7,13H,8-11H2. The molecule has 0 N–H and O–H groups in total. The third kappa shape index (κ3) is 2.31. The number of rotatable bonds is 2. The van der Waals surface area contributed by atoms with Crippen molar-refractivity contribution in [3.8, 4) is 0 Å². The Morgan fingerprint density at radius 3 is 2.67 bits per heavy atom. The van der Waals surface area contributed by atoms with Crippen molar-refractivity contribution in [1.29, 1.82) is 0 Å². The van der Waals surface area contributed by atoms with Crippen molar-refractivity contribution in [3.05, 3.63) is 48.0 Å². The molecule has 6 nitrogen and oxygen atoms in total. The van der Waals surface area contributed by atoms with Gasteiger partial charge in [0.1, 0.15) is 0 Å².